The monoisotopic (exact) mass is 399 g/mol. The van der Waals surface area contributed by atoms with Gasteiger partial charge in [0, 0.05) is 11.9 Å². The van der Waals surface area contributed by atoms with Crippen LogP contribution < -0.4 is 15.6 Å². The number of hydrogen-bond acceptors (Lipinski definition) is 4. The number of nitrogens with one attached hydrogen (secondary N) is 1. The fraction of sp³-hybridized carbons (Fsp3) is 0.143. The normalized spacial score (nSPS) is 12.0. The molecule has 1 aromatic carbocycles. The van der Waals surface area contributed by atoms with E-state index in [-0.39, 0.29) is 5.69 Å². The first-order chi connectivity index (χ1) is 11.9. The predicted molar refractivity (Wildman–Crippen MR) is 81.3 cm³/mol. The van der Waals surface area contributed by atoms with Gasteiger partial charge in [-0.1, -0.05) is 18.2 Å². The van der Waals surface area contributed by atoms with Crippen molar-refractivity contribution in [2.24, 2.45) is 0 Å². The smallest absolute Gasteiger partial charge is 0.406 e. The van der Waals surface area contributed by atoms with Crippen LogP contribution >= 0.6 is 11.6 Å². The molecular weight excluding hydrogens is 392 g/mol. The SMILES string of the molecule is C=Cn1c(Nc2ccc(OC(F)(F)F)cc2)nc(C(F)(F)F)c(Cl)c1=O. The Hall–Kier alpha value is -2.69. The van der Waals surface area contributed by atoms with Gasteiger partial charge in [0.2, 0.25) is 5.95 Å². The van der Waals surface area contributed by atoms with E-state index in [2.05, 4.69) is 21.6 Å². The lowest BCUT2D eigenvalue weighted by Crippen LogP contribution is -2.25. The van der Waals surface area contributed by atoms with Crippen LogP contribution in [0.1, 0.15) is 5.69 Å². The summed E-state index contributed by atoms with van der Waals surface area (Å²) >= 11 is 5.40. The highest BCUT2D eigenvalue weighted by atomic mass is 35.5. The minimum absolute atomic E-state index is 0.0393. The Bertz CT molecular complexity index is 874. The summed E-state index contributed by atoms with van der Waals surface area (Å²) in [6, 6.07) is 4.02. The first-order valence-corrected chi connectivity index (χ1v) is 6.95. The van der Waals surface area contributed by atoms with Crippen molar-refractivity contribution in [3.8, 4) is 5.75 Å². The maximum atomic E-state index is 12.9. The number of aromatic nitrogens is 2. The second-order valence-electron chi connectivity index (χ2n) is 4.65. The molecule has 140 valence electrons. The van der Waals surface area contributed by atoms with Crippen molar-refractivity contribution in [2.75, 3.05) is 5.32 Å². The van der Waals surface area contributed by atoms with Gasteiger partial charge in [0.15, 0.2) is 5.69 Å². The third-order valence-corrected chi connectivity index (χ3v) is 3.20. The summed E-state index contributed by atoms with van der Waals surface area (Å²) in [7, 11) is 0. The van der Waals surface area contributed by atoms with Gasteiger partial charge in [-0.15, -0.1) is 13.2 Å². The number of ether oxygens (including phenoxy) is 1. The number of nitrogens with zero attached hydrogens (tertiary/aromatic N) is 2. The molecule has 5 nitrogen and oxygen atoms in total. The summed E-state index contributed by atoms with van der Waals surface area (Å²) in [5, 5.41) is 1.24. The van der Waals surface area contributed by atoms with E-state index >= 15 is 0 Å². The second-order valence-corrected chi connectivity index (χ2v) is 5.03. The van der Waals surface area contributed by atoms with E-state index in [1.54, 1.807) is 0 Å². The zero-order valence-electron chi connectivity index (χ0n) is 12.5. The van der Waals surface area contributed by atoms with Crippen LogP contribution in [0.2, 0.25) is 5.02 Å². The van der Waals surface area contributed by atoms with Gasteiger partial charge >= 0.3 is 12.5 Å². The first-order valence-electron chi connectivity index (χ1n) is 6.57. The third-order valence-electron chi connectivity index (χ3n) is 2.86. The maximum Gasteiger partial charge on any atom is 0.573 e. The maximum absolute atomic E-state index is 12.9. The second kappa shape index (κ2) is 6.90. The minimum atomic E-state index is -4.99. The summed E-state index contributed by atoms with van der Waals surface area (Å²) in [6.45, 7) is 3.28. The predicted octanol–water partition coefficient (Wildman–Crippen LogP) is 4.66. The van der Waals surface area contributed by atoms with Crippen LogP contribution in [0.3, 0.4) is 0 Å². The van der Waals surface area contributed by atoms with Crippen molar-refractivity contribution in [3.05, 3.63) is 51.9 Å². The summed E-state index contributed by atoms with van der Waals surface area (Å²) < 4.78 is 79.4. The lowest BCUT2D eigenvalue weighted by atomic mass is 10.3. The number of hydrogen-bond donors (Lipinski definition) is 1. The van der Waals surface area contributed by atoms with E-state index in [4.69, 9.17) is 11.6 Å². The van der Waals surface area contributed by atoms with Gasteiger partial charge in [0.05, 0.1) is 0 Å². The van der Waals surface area contributed by atoms with E-state index in [9.17, 15) is 31.1 Å². The third kappa shape index (κ3) is 4.48. The average molecular weight is 400 g/mol. The van der Waals surface area contributed by atoms with E-state index in [1.165, 1.54) is 0 Å². The Morgan fingerprint density at radius 1 is 1.15 bits per heavy atom. The Kier molecular flexibility index (Phi) is 5.21. The topological polar surface area (TPSA) is 56.1 Å². The van der Waals surface area contributed by atoms with Gasteiger partial charge in [0.25, 0.3) is 5.56 Å². The van der Waals surface area contributed by atoms with Gasteiger partial charge < -0.3 is 10.1 Å². The van der Waals surface area contributed by atoms with Crippen molar-refractivity contribution < 1.29 is 31.1 Å². The molecule has 0 spiro atoms. The minimum Gasteiger partial charge on any atom is -0.406 e. The summed E-state index contributed by atoms with van der Waals surface area (Å²) in [5.74, 6) is -1.12. The molecule has 0 fully saturated rings. The number of benzene rings is 1. The molecule has 0 bridgehead atoms. The molecule has 2 rings (SSSR count). The molecule has 0 saturated carbocycles. The fourth-order valence-electron chi connectivity index (χ4n) is 1.83. The number of halogens is 7. The van der Waals surface area contributed by atoms with Crippen LogP contribution in [0.5, 0.6) is 5.75 Å². The molecule has 0 aliphatic rings. The van der Waals surface area contributed by atoms with Crippen LogP contribution in [0.25, 0.3) is 6.20 Å². The molecule has 0 aliphatic heterocycles. The molecule has 0 radical (unpaired) electrons. The highest BCUT2D eigenvalue weighted by Gasteiger charge is 2.38. The molecule has 26 heavy (non-hydrogen) atoms. The van der Waals surface area contributed by atoms with Crippen molar-refractivity contribution >= 4 is 29.4 Å². The van der Waals surface area contributed by atoms with Crippen LogP contribution in [-0.4, -0.2) is 15.9 Å². The highest BCUT2D eigenvalue weighted by Crippen LogP contribution is 2.33. The molecule has 0 aliphatic carbocycles. The van der Waals surface area contributed by atoms with Gasteiger partial charge in [-0.05, 0) is 24.3 Å². The Balaban J connectivity index is 2.41. The quantitative estimate of drug-likeness (QED) is 0.760. The number of anilines is 2. The molecule has 0 unspecified atom stereocenters. The van der Waals surface area contributed by atoms with E-state index in [0.717, 1.165) is 30.5 Å². The highest BCUT2D eigenvalue weighted by molar-refractivity contribution is 6.31. The molecule has 0 amide bonds. The van der Waals surface area contributed by atoms with Crippen molar-refractivity contribution in [1.82, 2.24) is 9.55 Å². The van der Waals surface area contributed by atoms with Gasteiger partial charge in [-0.3, -0.25) is 9.36 Å². The Morgan fingerprint density at radius 2 is 1.73 bits per heavy atom. The lowest BCUT2D eigenvalue weighted by Gasteiger charge is -2.15. The van der Waals surface area contributed by atoms with E-state index < -0.39 is 40.5 Å². The van der Waals surface area contributed by atoms with Crippen LogP contribution in [0.15, 0.2) is 35.6 Å². The standard InChI is InChI=1S/C14H8ClF6N3O2/c1-2-24-11(25)9(15)10(13(16,17)18)23-12(24)22-7-3-5-8(6-4-7)26-14(19,20)21/h2-6H,1H2,(H,22,23). The van der Waals surface area contributed by atoms with Crippen LogP contribution in [0, 0.1) is 0 Å². The summed E-state index contributed by atoms with van der Waals surface area (Å²) in [5.41, 5.74) is -2.79. The molecular formula is C14H8ClF6N3O2. The van der Waals surface area contributed by atoms with E-state index in [1.807, 2.05) is 0 Å². The summed E-state index contributed by atoms with van der Waals surface area (Å²) in [4.78, 5) is 15.2. The van der Waals surface area contributed by atoms with Crippen molar-refractivity contribution in [3.63, 3.8) is 0 Å². The van der Waals surface area contributed by atoms with Gasteiger partial charge in [-0.25, -0.2) is 4.98 Å². The lowest BCUT2D eigenvalue weighted by molar-refractivity contribution is -0.274. The zero-order chi connectivity index (χ0) is 19.7. The summed E-state index contributed by atoms with van der Waals surface area (Å²) in [6.07, 6.45) is -9.00. The van der Waals surface area contributed by atoms with Crippen molar-refractivity contribution in [1.29, 1.82) is 0 Å². The Labute approximate surface area is 146 Å². The Morgan fingerprint density at radius 3 is 2.19 bits per heavy atom. The van der Waals surface area contributed by atoms with Crippen LogP contribution in [0.4, 0.5) is 38.0 Å². The zero-order valence-corrected chi connectivity index (χ0v) is 13.2. The fourth-order valence-corrected chi connectivity index (χ4v) is 2.07. The van der Waals surface area contributed by atoms with E-state index in [0.29, 0.717) is 4.57 Å². The first kappa shape index (κ1) is 19.6. The molecule has 0 atom stereocenters. The van der Waals surface area contributed by atoms with Gasteiger partial charge in [0.1, 0.15) is 10.8 Å². The average Bonchev–Trinajstić information content (AvgIpc) is 2.50. The number of alkyl halides is 6. The number of rotatable bonds is 4. The molecule has 2 aromatic rings. The largest absolute Gasteiger partial charge is 0.573 e. The van der Waals surface area contributed by atoms with Crippen molar-refractivity contribution in [2.45, 2.75) is 12.5 Å². The molecule has 1 heterocycles. The van der Waals surface area contributed by atoms with Gasteiger partial charge in [-0.2, -0.15) is 13.2 Å². The molecule has 0 saturated heterocycles. The molecule has 1 N–H and O–H groups in total. The molecule has 12 heteroatoms. The van der Waals surface area contributed by atoms with Crippen LogP contribution in [-0.2, 0) is 6.18 Å². The molecule has 1 aromatic heterocycles.